The number of halogens is 1. The van der Waals surface area contributed by atoms with Crippen molar-refractivity contribution < 1.29 is 14.3 Å². The lowest BCUT2D eigenvalue weighted by Gasteiger charge is -2.29. The van der Waals surface area contributed by atoms with Gasteiger partial charge in [-0.15, -0.1) is 5.10 Å². The fraction of sp³-hybridized carbons (Fsp3) is 0.0741. The lowest BCUT2D eigenvalue weighted by Crippen LogP contribution is -2.39. The number of aliphatic carboxylic acids is 1. The second-order valence-corrected chi connectivity index (χ2v) is 7.83. The van der Waals surface area contributed by atoms with Gasteiger partial charge in [0.25, 0.3) is 0 Å². The van der Waals surface area contributed by atoms with Crippen molar-refractivity contribution >= 4 is 11.5 Å². The average molecular weight is 437 g/mol. The van der Waals surface area contributed by atoms with Crippen molar-refractivity contribution in [1.82, 2.24) is 14.8 Å². The van der Waals surface area contributed by atoms with Gasteiger partial charge in [0.05, 0.1) is 5.69 Å². The fourth-order valence-electron chi connectivity index (χ4n) is 4.07. The van der Waals surface area contributed by atoms with Crippen LogP contribution in [0.15, 0.2) is 109 Å². The number of aromatic nitrogens is 3. The Morgan fingerprint density at radius 3 is 2.03 bits per heavy atom. The number of rotatable bonds is 5. The highest BCUT2D eigenvalue weighted by atomic mass is 19.1. The zero-order valence-electron chi connectivity index (χ0n) is 17.6. The zero-order valence-corrected chi connectivity index (χ0v) is 17.6. The van der Waals surface area contributed by atoms with Gasteiger partial charge in [0.15, 0.2) is 17.1 Å². The highest BCUT2D eigenvalue weighted by Gasteiger charge is 2.51. The molecule has 0 saturated heterocycles. The maximum atomic E-state index is 15.4. The van der Waals surface area contributed by atoms with E-state index in [2.05, 4.69) is 10.1 Å². The van der Waals surface area contributed by atoms with Crippen molar-refractivity contribution in [2.24, 2.45) is 0 Å². The largest absolute Gasteiger partial charge is 0.480 e. The van der Waals surface area contributed by atoms with E-state index in [0.717, 1.165) is 11.1 Å². The van der Waals surface area contributed by atoms with E-state index in [1.165, 1.54) is 6.08 Å². The molecule has 33 heavy (non-hydrogen) atoms. The molecule has 0 spiro atoms. The van der Waals surface area contributed by atoms with Crippen LogP contribution in [-0.2, 0) is 10.2 Å². The van der Waals surface area contributed by atoms with E-state index in [4.69, 9.17) is 0 Å². The monoisotopic (exact) mass is 437 g/mol. The molecule has 5 rings (SSSR count). The number of nitrogens with zero attached hydrogens (tertiary/aromatic N) is 3. The molecule has 0 saturated carbocycles. The molecule has 0 aliphatic heterocycles. The number of carbonyl (C=O) groups is 1. The van der Waals surface area contributed by atoms with Crippen LogP contribution in [0.25, 0.3) is 22.6 Å². The first-order valence-electron chi connectivity index (χ1n) is 10.5. The molecular weight excluding hydrogens is 417 g/mol. The Morgan fingerprint density at radius 2 is 1.42 bits per heavy atom. The molecule has 1 heterocycles. The summed E-state index contributed by atoms with van der Waals surface area (Å²) in [4.78, 5) is 17.3. The third-order valence-corrected chi connectivity index (χ3v) is 5.83. The van der Waals surface area contributed by atoms with Crippen LogP contribution in [-0.4, -0.2) is 25.8 Å². The summed E-state index contributed by atoms with van der Waals surface area (Å²) < 4.78 is 17.0. The second-order valence-electron chi connectivity index (χ2n) is 7.83. The number of carboxylic acid groups (broad SMARTS) is 1. The number of hydrogen-bond donors (Lipinski definition) is 1. The zero-order chi connectivity index (χ0) is 22.8. The van der Waals surface area contributed by atoms with Crippen LogP contribution in [0.2, 0.25) is 0 Å². The Morgan fingerprint density at radius 1 is 0.848 bits per heavy atom. The molecule has 3 aromatic carbocycles. The quantitative estimate of drug-likeness (QED) is 0.441. The molecule has 1 unspecified atom stereocenters. The molecule has 0 amide bonds. The third-order valence-electron chi connectivity index (χ3n) is 5.83. The van der Waals surface area contributed by atoms with Crippen molar-refractivity contribution in [2.75, 3.05) is 0 Å². The minimum Gasteiger partial charge on any atom is -0.480 e. The van der Waals surface area contributed by atoms with Crippen LogP contribution in [0.4, 0.5) is 4.39 Å². The maximum absolute atomic E-state index is 15.4. The number of para-hydroxylation sites is 1. The van der Waals surface area contributed by atoms with Gasteiger partial charge in [0, 0.05) is 12.0 Å². The van der Waals surface area contributed by atoms with Crippen LogP contribution in [0.3, 0.4) is 0 Å². The van der Waals surface area contributed by atoms with Crippen LogP contribution in [0.5, 0.6) is 0 Å². The first-order chi connectivity index (χ1) is 16.1. The van der Waals surface area contributed by atoms with E-state index in [0.29, 0.717) is 17.1 Å². The molecule has 1 aliphatic carbocycles. The van der Waals surface area contributed by atoms with Crippen LogP contribution < -0.4 is 0 Å². The highest BCUT2D eigenvalue weighted by molar-refractivity contribution is 5.89. The maximum Gasteiger partial charge on any atom is 0.324 e. The first-order valence-corrected chi connectivity index (χ1v) is 10.5. The van der Waals surface area contributed by atoms with Crippen LogP contribution in [0.1, 0.15) is 17.8 Å². The molecule has 6 heteroatoms. The van der Waals surface area contributed by atoms with E-state index >= 15 is 4.39 Å². The van der Waals surface area contributed by atoms with Gasteiger partial charge < -0.3 is 5.11 Å². The van der Waals surface area contributed by atoms with E-state index in [9.17, 15) is 9.90 Å². The predicted molar refractivity (Wildman–Crippen MR) is 124 cm³/mol. The Labute approximate surface area is 190 Å². The first kappa shape index (κ1) is 20.6. The van der Waals surface area contributed by atoms with Gasteiger partial charge in [-0.2, -0.15) is 0 Å². The van der Waals surface area contributed by atoms with E-state index in [1.54, 1.807) is 10.8 Å². The number of benzene rings is 3. The summed E-state index contributed by atoms with van der Waals surface area (Å²) in [5.74, 6) is -1.77. The normalized spacial score (nSPS) is 17.8. The van der Waals surface area contributed by atoms with Crippen molar-refractivity contribution in [2.45, 2.75) is 11.8 Å². The molecular formula is C27H20FN3O2. The van der Waals surface area contributed by atoms with Crippen LogP contribution >= 0.6 is 0 Å². The van der Waals surface area contributed by atoms with Gasteiger partial charge in [-0.3, -0.25) is 4.79 Å². The molecule has 5 nitrogen and oxygen atoms in total. The summed E-state index contributed by atoms with van der Waals surface area (Å²) in [6.45, 7) is 0. The summed E-state index contributed by atoms with van der Waals surface area (Å²) >= 11 is 0. The van der Waals surface area contributed by atoms with Gasteiger partial charge in [0.2, 0.25) is 0 Å². The van der Waals surface area contributed by atoms with E-state index in [-0.39, 0.29) is 12.2 Å². The Balaban J connectivity index is 1.70. The van der Waals surface area contributed by atoms with Gasteiger partial charge in [-0.25, -0.2) is 14.1 Å². The van der Waals surface area contributed by atoms with Crippen molar-refractivity contribution in [3.8, 4) is 17.1 Å². The third kappa shape index (κ3) is 3.55. The molecule has 1 N–H and O–H groups in total. The summed E-state index contributed by atoms with van der Waals surface area (Å²) in [7, 11) is 0. The summed E-state index contributed by atoms with van der Waals surface area (Å²) in [5.41, 5.74) is 0.965. The molecule has 4 aromatic rings. The topological polar surface area (TPSA) is 68.0 Å². The summed E-state index contributed by atoms with van der Waals surface area (Å²) in [6.07, 6.45) is 2.74. The lowest BCUT2D eigenvalue weighted by molar-refractivity contribution is -0.143. The molecule has 0 fully saturated rings. The SMILES string of the molecule is O=C(O)C1(c2nc(-c3ccccc3)n(-c3ccccc3)n2)CC(c2ccccc2)=CC=C1F. The smallest absolute Gasteiger partial charge is 0.324 e. The average Bonchev–Trinajstić information content (AvgIpc) is 3.32. The minimum absolute atomic E-state index is 0.0898. The lowest BCUT2D eigenvalue weighted by atomic mass is 9.75. The fourth-order valence-corrected chi connectivity index (χ4v) is 4.07. The van der Waals surface area contributed by atoms with E-state index < -0.39 is 17.2 Å². The van der Waals surface area contributed by atoms with Crippen LogP contribution in [0, 0.1) is 0 Å². The molecule has 0 bridgehead atoms. The number of allylic oxidation sites excluding steroid dienone is 3. The molecule has 1 aliphatic rings. The Hall–Kier alpha value is -4.32. The summed E-state index contributed by atoms with van der Waals surface area (Å²) in [5, 5.41) is 14.9. The van der Waals surface area contributed by atoms with Crippen molar-refractivity contribution in [3.05, 3.63) is 120 Å². The molecule has 0 radical (unpaired) electrons. The number of hydrogen-bond acceptors (Lipinski definition) is 3. The predicted octanol–water partition coefficient (Wildman–Crippen LogP) is 5.60. The van der Waals surface area contributed by atoms with Crippen molar-refractivity contribution in [3.63, 3.8) is 0 Å². The molecule has 1 atom stereocenters. The summed E-state index contributed by atoms with van der Waals surface area (Å²) in [6, 6.07) is 28.0. The van der Waals surface area contributed by atoms with Gasteiger partial charge >= 0.3 is 5.97 Å². The van der Waals surface area contributed by atoms with Gasteiger partial charge in [-0.05, 0) is 29.3 Å². The number of carboxylic acids is 1. The molecule has 1 aromatic heterocycles. The minimum atomic E-state index is -2.02. The Kier molecular flexibility index (Phi) is 5.18. The molecule has 162 valence electrons. The van der Waals surface area contributed by atoms with Gasteiger partial charge in [0.1, 0.15) is 5.83 Å². The van der Waals surface area contributed by atoms with E-state index in [1.807, 2.05) is 91.0 Å². The standard InChI is InChI=1S/C27H20FN3O2/c28-23-17-16-21(19-10-4-1-5-11-19)18-27(23,26(32)33)25-29-24(20-12-6-2-7-13-20)31(30-25)22-14-8-3-9-15-22/h1-17H,18H2,(H,32,33). The van der Waals surface area contributed by atoms with Crippen molar-refractivity contribution in [1.29, 1.82) is 0 Å². The highest BCUT2D eigenvalue weighted by Crippen LogP contribution is 2.44. The Bertz CT molecular complexity index is 1310. The van der Waals surface area contributed by atoms with Gasteiger partial charge in [-0.1, -0.05) is 84.9 Å². The second kappa shape index (κ2) is 8.31.